The second-order valence-corrected chi connectivity index (χ2v) is 14.5. The SMILES string of the molecule is Cc1ccc(N(CCOC(=O)c2cc(I)cc(I)c2I)CCOC(=O)c2c(I)ccc(I)c2I)cc1. The Labute approximate surface area is 292 Å². The summed E-state index contributed by atoms with van der Waals surface area (Å²) in [6.07, 6.45) is 0. The Morgan fingerprint density at radius 1 is 0.722 bits per heavy atom. The molecule has 0 aliphatic rings. The molecule has 3 aromatic carbocycles. The van der Waals surface area contributed by atoms with E-state index in [4.69, 9.17) is 9.47 Å². The molecule has 3 aromatic rings. The lowest BCUT2D eigenvalue weighted by atomic mass is 10.2. The number of rotatable bonds is 9. The fourth-order valence-electron chi connectivity index (χ4n) is 3.19. The number of ether oxygens (including phenoxy) is 2. The Kier molecular flexibility index (Phi) is 13.0. The van der Waals surface area contributed by atoms with Crippen LogP contribution in [0.15, 0.2) is 48.5 Å². The van der Waals surface area contributed by atoms with Gasteiger partial charge in [-0.2, -0.15) is 0 Å². The van der Waals surface area contributed by atoms with E-state index >= 15 is 0 Å². The average molecular weight is 1160 g/mol. The first-order valence-corrected chi connectivity index (χ1v) is 17.0. The van der Waals surface area contributed by atoms with Crippen LogP contribution < -0.4 is 4.90 Å². The minimum atomic E-state index is -0.339. The van der Waals surface area contributed by atoms with Crippen LogP contribution in [0.25, 0.3) is 0 Å². The third-order valence-electron chi connectivity index (χ3n) is 5.05. The molecule has 0 heterocycles. The van der Waals surface area contributed by atoms with E-state index < -0.39 is 0 Å². The third-order valence-corrected chi connectivity index (χ3v) is 12.7. The van der Waals surface area contributed by atoms with Crippen LogP contribution in [-0.4, -0.2) is 38.2 Å². The number of hydrogen-bond acceptors (Lipinski definition) is 5. The molecule has 0 bridgehead atoms. The maximum atomic E-state index is 12.8. The van der Waals surface area contributed by atoms with Gasteiger partial charge in [0.05, 0.1) is 24.2 Å². The Morgan fingerprint density at radius 3 is 1.94 bits per heavy atom. The van der Waals surface area contributed by atoms with Crippen molar-refractivity contribution >= 4 is 153 Å². The molecule has 0 unspecified atom stereocenters. The number of aryl methyl sites for hydroxylation is 1. The van der Waals surface area contributed by atoms with E-state index in [0.29, 0.717) is 24.2 Å². The lowest BCUT2D eigenvalue weighted by molar-refractivity contribution is 0.0502. The van der Waals surface area contributed by atoms with Crippen LogP contribution in [0.2, 0.25) is 0 Å². The molecule has 0 N–H and O–H groups in total. The summed E-state index contributed by atoms with van der Waals surface area (Å²) in [7, 11) is 0. The molecule has 0 saturated heterocycles. The van der Waals surface area contributed by atoms with Crippen LogP contribution in [0.5, 0.6) is 0 Å². The summed E-state index contributed by atoms with van der Waals surface area (Å²) >= 11 is 13.2. The zero-order valence-electron chi connectivity index (χ0n) is 18.8. The molecule has 0 saturated carbocycles. The summed E-state index contributed by atoms with van der Waals surface area (Å²) < 4.78 is 17.0. The van der Waals surface area contributed by atoms with Crippen molar-refractivity contribution in [3.8, 4) is 0 Å². The first kappa shape index (κ1) is 31.3. The Bertz CT molecular complexity index is 1270. The van der Waals surface area contributed by atoms with E-state index in [9.17, 15) is 9.59 Å². The molecule has 0 spiro atoms. The first-order valence-electron chi connectivity index (χ1n) is 10.5. The van der Waals surface area contributed by atoms with Crippen LogP contribution in [0.4, 0.5) is 5.69 Å². The Hall–Kier alpha value is 0.780. The number of carbonyl (C=O) groups excluding carboxylic acids is 2. The van der Waals surface area contributed by atoms with Gasteiger partial charge in [0.2, 0.25) is 0 Å². The number of esters is 2. The van der Waals surface area contributed by atoms with Gasteiger partial charge in [-0.1, -0.05) is 17.7 Å². The van der Waals surface area contributed by atoms with Crippen molar-refractivity contribution in [2.45, 2.75) is 6.92 Å². The molecule has 0 amide bonds. The highest BCUT2D eigenvalue weighted by atomic mass is 127. The van der Waals surface area contributed by atoms with Crippen molar-refractivity contribution in [2.75, 3.05) is 31.2 Å². The van der Waals surface area contributed by atoms with Crippen LogP contribution in [-0.2, 0) is 9.47 Å². The number of hydrogen-bond donors (Lipinski definition) is 0. The normalized spacial score (nSPS) is 10.8. The van der Waals surface area contributed by atoms with Crippen LogP contribution >= 0.6 is 136 Å². The van der Waals surface area contributed by atoms with Gasteiger partial charge >= 0.3 is 11.9 Å². The predicted octanol–water partition coefficient (Wildman–Crippen LogP) is 8.14. The number of carbonyl (C=O) groups is 2. The average Bonchev–Trinajstić information content (AvgIpc) is 2.83. The molecule has 5 nitrogen and oxygen atoms in total. The number of nitrogens with zero attached hydrogens (tertiary/aromatic N) is 1. The summed E-state index contributed by atoms with van der Waals surface area (Å²) in [5.74, 6) is -0.672. The van der Waals surface area contributed by atoms with E-state index in [0.717, 1.165) is 32.7 Å². The molecule has 3 rings (SSSR count). The molecular formula is C25H19I6NO4. The topological polar surface area (TPSA) is 55.8 Å². The highest BCUT2D eigenvalue weighted by molar-refractivity contribution is 14.1. The van der Waals surface area contributed by atoms with Gasteiger partial charge in [0.15, 0.2) is 0 Å². The van der Waals surface area contributed by atoms with Crippen LogP contribution in [0.3, 0.4) is 0 Å². The minimum Gasteiger partial charge on any atom is -0.460 e. The zero-order chi connectivity index (χ0) is 26.4. The van der Waals surface area contributed by atoms with Gasteiger partial charge in [0.25, 0.3) is 0 Å². The maximum absolute atomic E-state index is 12.8. The Morgan fingerprint density at radius 2 is 1.31 bits per heavy atom. The molecule has 0 radical (unpaired) electrons. The quantitative estimate of drug-likeness (QED) is 0.123. The van der Waals surface area contributed by atoms with Crippen LogP contribution in [0.1, 0.15) is 26.3 Å². The van der Waals surface area contributed by atoms with Crippen molar-refractivity contribution in [3.63, 3.8) is 0 Å². The van der Waals surface area contributed by atoms with E-state index in [1.54, 1.807) is 0 Å². The molecule has 11 heteroatoms. The monoisotopic (exact) mass is 1160 g/mol. The van der Waals surface area contributed by atoms with E-state index in [-0.39, 0.29) is 25.2 Å². The van der Waals surface area contributed by atoms with E-state index in [1.807, 2.05) is 55.5 Å². The third kappa shape index (κ3) is 8.64. The molecule has 0 aromatic heterocycles. The van der Waals surface area contributed by atoms with Crippen LogP contribution in [0, 0.1) is 28.3 Å². The summed E-state index contributed by atoms with van der Waals surface area (Å²) in [4.78, 5) is 27.6. The van der Waals surface area contributed by atoms with Gasteiger partial charge in [-0.05, 0) is 179 Å². The number of anilines is 1. The molecule has 0 aliphatic carbocycles. The van der Waals surface area contributed by atoms with Crippen molar-refractivity contribution < 1.29 is 19.1 Å². The number of benzene rings is 3. The second-order valence-electron chi connectivity index (χ2n) is 7.56. The van der Waals surface area contributed by atoms with Gasteiger partial charge in [0, 0.05) is 27.1 Å². The zero-order valence-corrected chi connectivity index (χ0v) is 31.7. The lowest BCUT2D eigenvalue weighted by Crippen LogP contribution is -2.32. The van der Waals surface area contributed by atoms with Crippen molar-refractivity contribution in [1.82, 2.24) is 0 Å². The van der Waals surface area contributed by atoms with Crippen molar-refractivity contribution in [2.24, 2.45) is 0 Å². The summed E-state index contributed by atoms with van der Waals surface area (Å²) in [6.45, 7) is 3.41. The van der Waals surface area contributed by atoms with Crippen molar-refractivity contribution in [1.29, 1.82) is 0 Å². The van der Waals surface area contributed by atoms with Gasteiger partial charge < -0.3 is 14.4 Å². The maximum Gasteiger partial charge on any atom is 0.340 e. The summed E-state index contributed by atoms with van der Waals surface area (Å²) in [5, 5.41) is 0. The largest absolute Gasteiger partial charge is 0.460 e. The minimum absolute atomic E-state index is 0.214. The van der Waals surface area contributed by atoms with Gasteiger partial charge in [-0.25, -0.2) is 9.59 Å². The van der Waals surface area contributed by atoms with E-state index in [1.165, 1.54) is 0 Å². The van der Waals surface area contributed by atoms with Gasteiger partial charge in [-0.15, -0.1) is 0 Å². The van der Waals surface area contributed by atoms with E-state index in [2.05, 4.69) is 140 Å². The second kappa shape index (κ2) is 15.0. The van der Waals surface area contributed by atoms with Gasteiger partial charge in [-0.3, -0.25) is 0 Å². The lowest BCUT2D eigenvalue weighted by Gasteiger charge is -2.25. The standard InChI is InChI=1S/C25H19I6NO4/c1-14-2-4-16(5-3-14)32(8-10-35-24(33)17-12-15(26)13-20(29)22(17)30)9-11-36-25(34)21-18(27)6-7-19(28)23(21)31/h2-7,12-13H,8-11H2,1H3. The number of halogens is 6. The fraction of sp³-hybridized carbons (Fsp3) is 0.200. The van der Waals surface area contributed by atoms with Crippen molar-refractivity contribution in [3.05, 3.63) is 86.6 Å². The highest BCUT2D eigenvalue weighted by Gasteiger charge is 2.19. The van der Waals surface area contributed by atoms with Gasteiger partial charge in [0.1, 0.15) is 13.2 Å². The molecule has 0 aliphatic heterocycles. The predicted molar refractivity (Wildman–Crippen MR) is 193 cm³/mol. The molecule has 0 atom stereocenters. The fourth-order valence-corrected chi connectivity index (χ4v) is 7.89. The molecule has 0 fully saturated rings. The first-order chi connectivity index (χ1) is 17.1. The molecular weight excluding hydrogens is 1140 g/mol. The Balaban J connectivity index is 1.65. The molecule has 190 valence electrons. The molecule has 36 heavy (non-hydrogen) atoms. The summed E-state index contributed by atoms with van der Waals surface area (Å²) in [6, 6.07) is 15.9. The highest BCUT2D eigenvalue weighted by Crippen LogP contribution is 2.26. The summed E-state index contributed by atoms with van der Waals surface area (Å²) in [5.41, 5.74) is 3.30. The smallest absolute Gasteiger partial charge is 0.340 e.